The van der Waals surface area contributed by atoms with Gasteiger partial charge in [-0.05, 0) is 50.5 Å². The molecule has 184 valence electrons. The van der Waals surface area contributed by atoms with Crippen LogP contribution >= 0.6 is 0 Å². The number of aromatic nitrogens is 2. The second kappa shape index (κ2) is 9.81. The fraction of sp³-hybridized carbons (Fsp3) is 0.286. The van der Waals surface area contributed by atoms with Crippen LogP contribution < -0.4 is 15.8 Å². The summed E-state index contributed by atoms with van der Waals surface area (Å²) in [5.74, 6) is -1.30. The average molecular weight is 484 g/mol. The number of anilines is 1. The Morgan fingerprint density at radius 3 is 2.56 bits per heavy atom. The van der Waals surface area contributed by atoms with Gasteiger partial charge in [0.25, 0.3) is 5.91 Å². The molecule has 0 bridgehead atoms. The van der Waals surface area contributed by atoms with Crippen molar-refractivity contribution in [3.05, 3.63) is 94.8 Å². The van der Waals surface area contributed by atoms with Crippen molar-refractivity contribution in [2.45, 2.75) is 39.8 Å². The smallest absolute Gasteiger partial charge is 0.251 e. The molecule has 0 saturated carbocycles. The van der Waals surface area contributed by atoms with E-state index in [9.17, 15) is 14.4 Å². The summed E-state index contributed by atoms with van der Waals surface area (Å²) < 4.78 is 1.95. The van der Waals surface area contributed by atoms with Crippen LogP contribution in [0.5, 0.6) is 0 Å². The number of nitrogens with one attached hydrogen (secondary N) is 2. The number of hydrogen-bond acceptors (Lipinski definition) is 4. The van der Waals surface area contributed by atoms with Crippen molar-refractivity contribution in [2.75, 3.05) is 5.01 Å². The standard InChI is InChI=1S/C28H29N5O3/c1-18-25(19(2)32(30-18)17-20-9-4-3-5-10-20)16-29-26(34)21-11-8-12-22(15-21)33-28(36)24-14-7-6-13-23(24)27(35)31-33/h3-12,15,23-24H,13-14,16-17H2,1-2H3,(H,29,34)(H,31,35)/t23-,24-/m0/s1. The molecular weight excluding hydrogens is 454 g/mol. The Kier molecular flexibility index (Phi) is 6.41. The molecule has 5 rings (SSSR count). The van der Waals surface area contributed by atoms with Crippen LogP contribution in [0.3, 0.4) is 0 Å². The lowest BCUT2D eigenvalue weighted by Crippen LogP contribution is -2.59. The fourth-order valence-corrected chi connectivity index (χ4v) is 4.94. The quantitative estimate of drug-likeness (QED) is 0.525. The molecular formula is C28H29N5O3. The third-order valence-electron chi connectivity index (χ3n) is 7.03. The lowest BCUT2D eigenvalue weighted by molar-refractivity contribution is -0.139. The van der Waals surface area contributed by atoms with Crippen molar-refractivity contribution in [3.63, 3.8) is 0 Å². The van der Waals surface area contributed by atoms with Crippen molar-refractivity contribution < 1.29 is 14.4 Å². The summed E-state index contributed by atoms with van der Waals surface area (Å²) in [6.45, 7) is 4.94. The summed E-state index contributed by atoms with van der Waals surface area (Å²) >= 11 is 0. The number of hydrazine groups is 1. The number of rotatable bonds is 6. The molecule has 8 nitrogen and oxygen atoms in total. The van der Waals surface area contributed by atoms with Gasteiger partial charge in [-0.1, -0.05) is 48.6 Å². The third-order valence-corrected chi connectivity index (χ3v) is 7.03. The second-order valence-electron chi connectivity index (χ2n) is 9.33. The Bertz CT molecular complexity index is 1340. The summed E-state index contributed by atoms with van der Waals surface area (Å²) in [5.41, 5.74) is 7.60. The van der Waals surface area contributed by atoms with Crippen molar-refractivity contribution in [2.24, 2.45) is 11.8 Å². The number of aryl methyl sites for hydroxylation is 1. The maximum Gasteiger partial charge on any atom is 0.251 e. The van der Waals surface area contributed by atoms with Crippen LogP contribution in [0, 0.1) is 25.7 Å². The molecule has 2 aromatic carbocycles. The highest BCUT2D eigenvalue weighted by atomic mass is 16.2. The monoisotopic (exact) mass is 483 g/mol. The molecule has 1 aromatic heterocycles. The van der Waals surface area contributed by atoms with Crippen LogP contribution in [0.1, 0.15) is 45.7 Å². The number of hydrogen-bond donors (Lipinski definition) is 2. The first-order valence-corrected chi connectivity index (χ1v) is 12.2. The minimum atomic E-state index is -0.375. The van der Waals surface area contributed by atoms with Gasteiger partial charge >= 0.3 is 0 Å². The number of amides is 3. The normalized spacial score (nSPS) is 19.1. The van der Waals surface area contributed by atoms with E-state index >= 15 is 0 Å². The number of fused-ring (bicyclic) bond motifs is 1. The van der Waals surface area contributed by atoms with Crippen molar-refractivity contribution in [3.8, 4) is 0 Å². The molecule has 0 spiro atoms. The molecule has 1 fully saturated rings. The van der Waals surface area contributed by atoms with Gasteiger partial charge in [-0.15, -0.1) is 0 Å². The first kappa shape index (κ1) is 23.5. The SMILES string of the molecule is Cc1nn(Cc2ccccc2)c(C)c1CNC(=O)c1cccc(N2NC(=O)[C@H]3CC=CC[C@@H]3C2=O)c1. The van der Waals surface area contributed by atoms with E-state index < -0.39 is 0 Å². The Morgan fingerprint density at radius 1 is 1.03 bits per heavy atom. The maximum absolute atomic E-state index is 13.1. The first-order valence-electron chi connectivity index (χ1n) is 12.2. The van der Waals surface area contributed by atoms with Gasteiger partial charge in [0.1, 0.15) is 0 Å². The van der Waals surface area contributed by atoms with Gasteiger partial charge in [0.05, 0.1) is 29.8 Å². The van der Waals surface area contributed by atoms with E-state index in [0.29, 0.717) is 37.2 Å². The lowest BCUT2D eigenvalue weighted by Gasteiger charge is -2.38. The zero-order valence-electron chi connectivity index (χ0n) is 20.4. The zero-order chi connectivity index (χ0) is 25.2. The van der Waals surface area contributed by atoms with E-state index in [4.69, 9.17) is 0 Å². The van der Waals surface area contributed by atoms with Gasteiger partial charge in [-0.2, -0.15) is 5.10 Å². The molecule has 3 aromatic rings. The van der Waals surface area contributed by atoms with Crippen LogP contribution in [0.4, 0.5) is 5.69 Å². The highest BCUT2D eigenvalue weighted by Crippen LogP contribution is 2.32. The second-order valence-corrected chi connectivity index (χ2v) is 9.33. The van der Waals surface area contributed by atoms with E-state index in [1.54, 1.807) is 24.3 Å². The highest BCUT2D eigenvalue weighted by Gasteiger charge is 2.42. The molecule has 1 saturated heterocycles. The first-order chi connectivity index (χ1) is 17.4. The van der Waals surface area contributed by atoms with Gasteiger partial charge < -0.3 is 5.32 Å². The Balaban J connectivity index is 1.28. The summed E-state index contributed by atoms with van der Waals surface area (Å²) in [7, 11) is 0. The molecule has 1 aliphatic heterocycles. The van der Waals surface area contributed by atoms with Gasteiger partial charge in [-0.3, -0.25) is 24.5 Å². The van der Waals surface area contributed by atoms with Gasteiger partial charge in [0, 0.05) is 23.4 Å². The van der Waals surface area contributed by atoms with Gasteiger partial charge in [0.15, 0.2) is 0 Å². The number of nitrogens with zero attached hydrogens (tertiary/aromatic N) is 3. The van der Waals surface area contributed by atoms with E-state index in [1.165, 1.54) is 5.01 Å². The predicted octanol–water partition coefficient (Wildman–Crippen LogP) is 3.44. The van der Waals surface area contributed by atoms with E-state index in [0.717, 1.165) is 22.5 Å². The van der Waals surface area contributed by atoms with Gasteiger partial charge in [0.2, 0.25) is 11.8 Å². The average Bonchev–Trinajstić information content (AvgIpc) is 3.17. The Morgan fingerprint density at radius 2 is 1.78 bits per heavy atom. The van der Waals surface area contributed by atoms with Crippen LogP contribution in [0.2, 0.25) is 0 Å². The third kappa shape index (κ3) is 4.54. The van der Waals surface area contributed by atoms with Gasteiger partial charge in [-0.25, -0.2) is 5.01 Å². The van der Waals surface area contributed by atoms with Crippen molar-refractivity contribution in [1.82, 2.24) is 20.5 Å². The van der Waals surface area contributed by atoms with Crippen LogP contribution in [-0.2, 0) is 22.7 Å². The largest absolute Gasteiger partial charge is 0.348 e. The Hall–Kier alpha value is -4.20. The van der Waals surface area contributed by atoms with E-state index in [1.807, 2.05) is 48.9 Å². The maximum atomic E-state index is 13.1. The molecule has 36 heavy (non-hydrogen) atoms. The molecule has 0 radical (unpaired) electrons. The molecule has 2 atom stereocenters. The Labute approximate surface area is 210 Å². The van der Waals surface area contributed by atoms with Crippen molar-refractivity contribution >= 4 is 23.4 Å². The zero-order valence-corrected chi connectivity index (χ0v) is 20.4. The molecule has 0 unspecified atom stereocenters. The lowest BCUT2D eigenvalue weighted by atomic mass is 9.80. The van der Waals surface area contributed by atoms with E-state index in [-0.39, 0.29) is 29.6 Å². The fourth-order valence-electron chi connectivity index (χ4n) is 4.94. The molecule has 1 aliphatic carbocycles. The van der Waals surface area contributed by atoms with Crippen LogP contribution in [0.15, 0.2) is 66.7 Å². The predicted molar refractivity (Wildman–Crippen MR) is 136 cm³/mol. The van der Waals surface area contributed by atoms with Crippen molar-refractivity contribution in [1.29, 1.82) is 0 Å². The number of carbonyl (C=O) groups is 3. The molecule has 3 amide bonds. The summed E-state index contributed by atoms with van der Waals surface area (Å²) in [6.07, 6.45) is 5.01. The summed E-state index contributed by atoms with van der Waals surface area (Å²) in [5, 5.41) is 8.91. The topological polar surface area (TPSA) is 96.3 Å². The minimum Gasteiger partial charge on any atom is -0.348 e. The van der Waals surface area contributed by atoms with Crippen LogP contribution in [0.25, 0.3) is 0 Å². The minimum absolute atomic E-state index is 0.154. The molecule has 2 heterocycles. The molecule has 8 heteroatoms. The number of carbonyl (C=O) groups excluding carboxylic acids is 3. The molecule has 2 aliphatic rings. The summed E-state index contributed by atoms with van der Waals surface area (Å²) in [4.78, 5) is 38.7. The summed E-state index contributed by atoms with van der Waals surface area (Å²) in [6, 6.07) is 16.9. The highest BCUT2D eigenvalue weighted by molar-refractivity contribution is 6.05. The van der Waals surface area contributed by atoms with Crippen LogP contribution in [-0.4, -0.2) is 27.5 Å². The number of benzene rings is 2. The van der Waals surface area contributed by atoms with E-state index in [2.05, 4.69) is 28.0 Å². The molecule has 2 N–H and O–H groups in total. The number of allylic oxidation sites excluding steroid dienone is 2.